The molecule has 0 bridgehead atoms. The summed E-state index contributed by atoms with van der Waals surface area (Å²) in [4.78, 5) is 25.6. The number of hydrogen-bond acceptors (Lipinski definition) is 7. The molecule has 11 heteroatoms. The van der Waals surface area contributed by atoms with E-state index in [-0.39, 0.29) is 56.1 Å². The summed E-state index contributed by atoms with van der Waals surface area (Å²) in [5, 5.41) is 2.61. The number of hydrogen-bond donors (Lipinski definition) is 1. The molecular weight excluding hydrogens is 438 g/mol. The minimum atomic E-state index is -3.78. The van der Waals surface area contributed by atoms with Gasteiger partial charge in [-0.25, -0.2) is 8.42 Å². The number of fused-ring (bicyclic) bond motifs is 1. The number of nitrogens with zero attached hydrogens (tertiary/aromatic N) is 2. The van der Waals surface area contributed by atoms with E-state index in [4.69, 9.17) is 14.2 Å². The van der Waals surface area contributed by atoms with Gasteiger partial charge < -0.3 is 24.4 Å². The Morgan fingerprint density at radius 3 is 2.44 bits per heavy atom. The number of nitrogens with one attached hydrogen (secondary N) is 1. The summed E-state index contributed by atoms with van der Waals surface area (Å²) in [7, 11) is -2.21. The van der Waals surface area contributed by atoms with Gasteiger partial charge in [0.2, 0.25) is 10.0 Å². The van der Waals surface area contributed by atoms with E-state index in [9.17, 15) is 18.0 Å². The zero-order valence-electron chi connectivity index (χ0n) is 17.4. The van der Waals surface area contributed by atoms with Gasteiger partial charge in [-0.1, -0.05) is 0 Å². The lowest BCUT2D eigenvalue weighted by Crippen LogP contribution is -2.51. The van der Waals surface area contributed by atoms with Crippen molar-refractivity contribution in [2.75, 3.05) is 51.8 Å². The quantitative estimate of drug-likeness (QED) is 0.681. The lowest BCUT2D eigenvalue weighted by atomic mass is 10.2. The molecule has 10 nitrogen and oxygen atoms in total. The number of piperazine rings is 1. The monoisotopic (exact) mass is 461 g/mol. The van der Waals surface area contributed by atoms with Crippen LogP contribution in [0.15, 0.2) is 47.4 Å². The molecule has 0 saturated carbocycles. The maximum Gasteiger partial charge on any atom is 0.262 e. The zero-order chi connectivity index (χ0) is 22.7. The minimum absolute atomic E-state index is 0.0599. The number of ether oxygens (including phenoxy) is 3. The average molecular weight is 461 g/mol. The second-order valence-corrected chi connectivity index (χ2v) is 9.18. The number of carbonyl (C=O) groups excluding carboxylic acids is 2. The molecular formula is C21H23N3O7S. The smallest absolute Gasteiger partial charge is 0.262 e. The molecule has 2 heterocycles. The van der Waals surface area contributed by atoms with Gasteiger partial charge in [0, 0.05) is 26.2 Å². The van der Waals surface area contributed by atoms with Crippen molar-refractivity contribution in [3.05, 3.63) is 42.5 Å². The molecule has 170 valence electrons. The van der Waals surface area contributed by atoms with Gasteiger partial charge in [-0.2, -0.15) is 4.31 Å². The first kappa shape index (κ1) is 21.9. The number of carbonyl (C=O) groups is 2. The summed E-state index contributed by atoms with van der Waals surface area (Å²) >= 11 is 0. The van der Waals surface area contributed by atoms with E-state index >= 15 is 0 Å². The van der Waals surface area contributed by atoms with Gasteiger partial charge in [-0.05, 0) is 42.5 Å². The van der Waals surface area contributed by atoms with Gasteiger partial charge in [0.05, 0.1) is 17.7 Å². The summed E-state index contributed by atoms with van der Waals surface area (Å²) in [6, 6.07) is 11.3. The Morgan fingerprint density at radius 2 is 1.75 bits per heavy atom. The molecule has 4 rings (SSSR count). The minimum Gasteiger partial charge on any atom is -0.497 e. The standard InChI is InChI=1S/C21H23N3O7S/c1-29-15-2-4-16(5-3-15)30-14-21(26)23-8-10-24(11-9-23)32(27,28)17-6-7-19-18(12-17)22-20(25)13-31-19/h2-7,12H,8-11,13-14H2,1H3,(H,22,25). The lowest BCUT2D eigenvalue weighted by Gasteiger charge is -2.34. The fraction of sp³-hybridized carbons (Fsp3) is 0.333. The molecule has 1 N–H and O–H groups in total. The van der Waals surface area contributed by atoms with Crippen LogP contribution in [0.2, 0.25) is 0 Å². The van der Waals surface area contributed by atoms with Crippen LogP contribution in [0.3, 0.4) is 0 Å². The molecule has 2 amide bonds. The molecule has 2 aliphatic heterocycles. The fourth-order valence-electron chi connectivity index (χ4n) is 3.46. The van der Waals surface area contributed by atoms with Crippen LogP contribution in [0.1, 0.15) is 0 Å². The molecule has 2 aromatic rings. The third-order valence-electron chi connectivity index (χ3n) is 5.23. The Bertz CT molecular complexity index is 1110. The lowest BCUT2D eigenvalue weighted by molar-refractivity contribution is -0.134. The van der Waals surface area contributed by atoms with Gasteiger partial charge >= 0.3 is 0 Å². The Kier molecular flexibility index (Phi) is 6.19. The molecule has 2 aromatic carbocycles. The van der Waals surface area contributed by atoms with E-state index in [1.54, 1.807) is 36.3 Å². The molecule has 32 heavy (non-hydrogen) atoms. The Morgan fingerprint density at radius 1 is 1.06 bits per heavy atom. The van der Waals surface area contributed by atoms with E-state index in [1.165, 1.54) is 22.5 Å². The van der Waals surface area contributed by atoms with Crippen molar-refractivity contribution in [2.45, 2.75) is 4.90 Å². The third kappa shape index (κ3) is 4.63. The SMILES string of the molecule is COc1ccc(OCC(=O)N2CCN(S(=O)(=O)c3ccc4c(c3)NC(=O)CO4)CC2)cc1. The molecule has 0 aromatic heterocycles. The van der Waals surface area contributed by atoms with Crippen LogP contribution in [0.25, 0.3) is 0 Å². The first-order valence-corrected chi connectivity index (χ1v) is 11.4. The van der Waals surface area contributed by atoms with Crippen LogP contribution < -0.4 is 19.5 Å². The first-order chi connectivity index (χ1) is 15.4. The average Bonchev–Trinajstić information content (AvgIpc) is 2.82. The highest BCUT2D eigenvalue weighted by molar-refractivity contribution is 7.89. The van der Waals surface area contributed by atoms with Gasteiger partial charge in [0.15, 0.2) is 13.2 Å². The second-order valence-electron chi connectivity index (χ2n) is 7.24. The Balaban J connectivity index is 1.33. The fourth-order valence-corrected chi connectivity index (χ4v) is 4.91. The predicted molar refractivity (Wildman–Crippen MR) is 114 cm³/mol. The molecule has 0 spiro atoms. The molecule has 0 unspecified atom stereocenters. The van der Waals surface area contributed by atoms with Crippen LogP contribution >= 0.6 is 0 Å². The number of amides is 2. The van der Waals surface area contributed by atoms with Crippen LogP contribution in [0.5, 0.6) is 17.2 Å². The summed E-state index contributed by atoms with van der Waals surface area (Å²) in [6.07, 6.45) is 0. The van der Waals surface area contributed by atoms with Crippen LogP contribution in [0.4, 0.5) is 5.69 Å². The topological polar surface area (TPSA) is 114 Å². The molecule has 1 saturated heterocycles. The normalized spacial score (nSPS) is 16.5. The molecule has 0 radical (unpaired) electrons. The van der Waals surface area contributed by atoms with Gasteiger partial charge in [0.25, 0.3) is 11.8 Å². The van der Waals surface area contributed by atoms with E-state index < -0.39 is 10.0 Å². The number of rotatable bonds is 6. The molecule has 1 fully saturated rings. The van der Waals surface area contributed by atoms with Crippen molar-refractivity contribution < 1.29 is 32.2 Å². The first-order valence-electron chi connectivity index (χ1n) is 9.98. The van der Waals surface area contributed by atoms with Crippen molar-refractivity contribution in [1.29, 1.82) is 0 Å². The number of methoxy groups -OCH3 is 1. The maximum absolute atomic E-state index is 13.0. The number of anilines is 1. The van der Waals surface area contributed by atoms with Crippen molar-refractivity contribution in [2.24, 2.45) is 0 Å². The van der Waals surface area contributed by atoms with E-state index in [2.05, 4.69) is 5.32 Å². The summed E-state index contributed by atoms with van der Waals surface area (Å²) < 4.78 is 43.3. The van der Waals surface area contributed by atoms with E-state index in [0.717, 1.165) is 0 Å². The maximum atomic E-state index is 13.0. The van der Waals surface area contributed by atoms with Gasteiger partial charge in [-0.3, -0.25) is 9.59 Å². The third-order valence-corrected chi connectivity index (χ3v) is 7.13. The van der Waals surface area contributed by atoms with Gasteiger partial charge in [0.1, 0.15) is 17.2 Å². The van der Waals surface area contributed by atoms with Crippen molar-refractivity contribution >= 4 is 27.5 Å². The van der Waals surface area contributed by atoms with Crippen molar-refractivity contribution in [3.63, 3.8) is 0 Å². The van der Waals surface area contributed by atoms with E-state index in [1.807, 2.05) is 0 Å². The largest absolute Gasteiger partial charge is 0.497 e. The highest BCUT2D eigenvalue weighted by Crippen LogP contribution is 2.31. The second kappa shape index (κ2) is 9.05. The zero-order valence-corrected chi connectivity index (χ0v) is 18.3. The van der Waals surface area contributed by atoms with Crippen molar-refractivity contribution in [1.82, 2.24) is 9.21 Å². The number of benzene rings is 2. The summed E-state index contributed by atoms with van der Waals surface area (Å²) in [5.41, 5.74) is 0.326. The van der Waals surface area contributed by atoms with Crippen LogP contribution in [-0.4, -0.2) is 75.9 Å². The highest BCUT2D eigenvalue weighted by Gasteiger charge is 2.31. The van der Waals surface area contributed by atoms with E-state index in [0.29, 0.717) is 22.9 Å². The van der Waals surface area contributed by atoms with Crippen LogP contribution in [0, 0.1) is 0 Å². The molecule has 0 aliphatic carbocycles. The van der Waals surface area contributed by atoms with Crippen molar-refractivity contribution in [3.8, 4) is 17.2 Å². The molecule has 0 atom stereocenters. The van der Waals surface area contributed by atoms with Gasteiger partial charge in [-0.15, -0.1) is 0 Å². The van der Waals surface area contributed by atoms with Crippen LogP contribution in [-0.2, 0) is 19.6 Å². The Labute approximate surface area is 185 Å². The highest BCUT2D eigenvalue weighted by atomic mass is 32.2. The molecule has 2 aliphatic rings. The summed E-state index contributed by atoms with van der Waals surface area (Å²) in [5.74, 6) is 1.11. The Hall–Kier alpha value is -3.31. The summed E-state index contributed by atoms with van der Waals surface area (Å²) in [6.45, 7) is 0.609. The number of sulfonamides is 1. The predicted octanol–water partition coefficient (Wildman–Crippen LogP) is 0.938.